The zero-order valence-electron chi connectivity index (χ0n) is 16.8. The lowest BCUT2D eigenvalue weighted by molar-refractivity contribution is 0.303. The van der Waals surface area contributed by atoms with Crippen molar-refractivity contribution in [3.05, 3.63) is 111 Å². The predicted molar refractivity (Wildman–Crippen MR) is 126 cm³/mol. The Morgan fingerprint density at radius 1 is 0.833 bits per heavy atom. The van der Waals surface area contributed by atoms with E-state index in [9.17, 15) is 0 Å². The lowest BCUT2D eigenvalue weighted by atomic mass is 10.0. The van der Waals surface area contributed by atoms with Crippen LogP contribution in [0.4, 0.5) is 0 Å². The third-order valence-corrected chi connectivity index (χ3v) is 5.73. The molecule has 4 heteroatoms. The van der Waals surface area contributed by atoms with Gasteiger partial charge in [-0.2, -0.15) is 0 Å². The van der Waals surface area contributed by atoms with Gasteiger partial charge in [-0.25, -0.2) is 0 Å². The maximum absolute atomic E-state index is 6.32. The van der Waals surface area contributed by atoms with Crippen LogP contribution >= 0.6 is 23.2 Å². The highest BCUT2D eigenvalue weighted by molar-refractivity contribution is 6.35. The summed E-state index contributed by atoms with van der Waals surface area (Å²) >= 11 is 12.3. The molecular formula is C26H23Cl2NO. The molecule has 152 valence electrons. The summed E-state index contributed by atoms with van der Waals surface area (Å²) in [7, 11) is 0. The van der Waals surface area contributed by atoms with Crippen LogP contribution in [-0.2, 0) is 19.7 Å². The summed E-state index contributed by atoms with van der Waals surface area (Å²) < 4.78 is 6.20. The minimum Gasteiger partial charge on any atom is -0.488 e. The number of benzene rings is 4. The number of ether oxygens (including phenoxy) is 1. The van der Waals surface area contributed by atoms with E-state index in [4.69, 9.17) is 27.9 Å². The molecule has 4 aromatic carbocycles. The average molecular weight is 436 g/mol. The molecule has 0 radical (unpaired) electrons. The normalized spacial score (nSPS) is 11.0. The highest BCUT2D eigenvalue weighted by Crippen LogP contribution is 2.30. The highest BCUT2D eigenvalue weighted by atomic mass is 35.5. The Labute approximate surface area is 187 Å². The van der Waals surface area contributed by atoms with Crippen LogP contribution in [0.25, 0.3) is 10.8 Å². The number of hydrogen-bond donors (Lipinski definition) is 1. The van der Waals surface area contributed by atoms with Gasteiger partial charge in [-0.15, -0.1) is 0 Å². The first-order valence-electron chi connectivity index (χ1n) is 9.94. The number of rotatable bonds is 7. The molecule has 0 amide bonds. The van der Waals surface area contributed by atoms with Gasteiger partial charge in [0.1, 0.15) is 12.4 Å². The molecule has 30 heavy (non-hydrogen) atoms. The van der Waals surface area contributed by atoms with Crippen LogP contribution in [0.2, 0.25) is 10.0 Å². The monoisotopic (exact) mass is 435 g/mol. The molecule has 0 atom stereocenters. The summed E-state index contributed by atoms with van der Waals surface area (Å²) in [6, 6.07) is 26.6. The Hall–Kier alpha value is -2.52. The van der Waals surface area contributed by atoms with Crippen molar-refractivity contribution in [2.45, 2.75) is 26.6 Å². The van der Waals surface area contributed by atoms with Crippen molar-refractivity contribution in [2.24, 2.45) is 0 Å². The molecule has 0 saturated carbocycles. The second-order valence-electron chi connectivity index (χ2n) is 7.38. The highest BCUT2D eigenvalue weighted by Gasteiger charge is 2.10. The van der Waals surface area contributed by atoms with Crippen molar-refractivity contribution in [3.63, 3.8) is 0 Å². The molecule has 0 unspecified atom stereocenters. The molecule has 0 fully saturated rings. The second-order valence-corrected chi connectivity index (χ2v) is 8.22. The van der Waals surface area contributed by atoms with E-state index in [1.807, 2.05) is 18.2 Å². The lowest BCUT2D eigenvalue weighted by Gasteiger charge is -2.16. The molecule has 0 saturated heterocycles. The number of halogens is 2. The molecule has 4 aromatic rings. The first kappa shape index (κ1) is 20.7. The summed E-state index contributed by atoms with van der Waals surface area (Å²) in [5.74, 6) is 0.858. The number of aryl methyl sites for hydroxylation is 1. The predicted octanol–water partition coefficient (Wildman–Crippen LogP) is 7.32. The Morgan fingerprint density at radius 2 is 1.63 bits per heavy atom. The van der Waals surface area contributed by atoms with Gasteiger partial charge in [0.05, 0.1) is 0 Å². The topological polar surface area (TPSA) is 21.3 Å². The quantitative estimate of drug-likeness (QED) is 0.328. The molecule has 0 heterocycles. The summed E-state index contributed by atoms with van der Waals surface area (Å²) in [5.41, 5.74) is 4.58. The molecular weight excluding hydrogens is 413 g/mol. The molecule has 1 N–H and O–H groups in total. The minimum absolute atomic E-state index is 0.388. The van der Waals surface area contributed by atoms with Gasteiger partial charge in [0.15, 0.2) is 0 Å². The van der Waals surface area contributed by atoms with Crippen LogP contribution < -0.4 is 10.1 Å². The van der Waals surface area contributed by atoms with E-state index in [1.165, 1.54) is 21.9 Å². The maximum atomic E-state index is 6.32. The van der Waals surface area contributed by atoms with E-state index in [0.29, 0.717) is 23.2 Å². The van der Waals surface area contributed by atoms with Crippen molar-refractivity contribution in [3.8, 4) is 5.75 Å². The van der Waals surface area contributed by atoms with Crippen molar-refractivity contribution < 1.29 is 4.74 Å². The molecule has 0 aliphatic heterocycles. The van der Waals surface area contributed by atoms with Crippen LogP contribution in [0.5, 0.6) is 5.75 Å². The fraction of sp³-hybridized carbons (Fsp3) is 0.154. The fourth-order valence-corrected chi connectivity index (χ4v) is 3.93. The van der Waals surface area contributed by atoms with Crippen LogP contribution in [0.15, 0.2) is 78.9 Å². The standard InChI is InChI=1S/C26H23Cl2NO/c1-18-6-8-19(9-7-18)15-29-16-24-23-5-3-2-4-20(23)11-13-26(24)30-17-21-10-12-22(27)14-25(21)28/h2-14,29H,15-17H2,1H3. The first-order valence-corrected chi connectivity index (χ1v) is 10.7. The fourth-order valence-electron chi connectivity index (χ4n) is 3.47. The van der Waals surface area contributed by atoms with Crippen molar-refractivity contribution in [1.29, 1.82) is 0 Å². The molecule has 0 spiro atoms. The zero-order valence-corrected chi connectivity index (χ0v) is 18.3. The summed E-state index contributed by atoms with van der Waals surface area (Å²) in [6.45, 7) is 3.99. The Morgan fingerprint density at radius 3 is 2.43 bits per heavy atom. The summed E-state index contributed by atoms with van der Waals surface area (Å²) in [5, 5.41) is 7.18. The Kier molecular flexibility index (Phi) is 6.59. The third-order valence-electron chi connectivity index (χ3n) is 5.15. The number of nitrogens with one attached hydrogen (secondary N) is 1. The summed E-state index contributed by atoms with van der Waals surface area (Å²) in [4.78, 5) is 0. The van der Waals surface area contributed by atoms with E-state index in [0.717, 1.165) is 23.4 Å². The number of fused-ring (bicyclic) bond motifs is 1. The zero-order chi connectivity index (χ0) is 20.9. The van der Waals surface area contributed by atoms with E-state index in [2.05, 4.69) is 66.8 Å². The Bertz CT molecular complexity index is 1160. The lowest BCUT2D eigenvalue weighted by Crippen LogP contribution is -2.14. The van der Waals surface area contributed by atoms with Crippen molar-refractivity contribution >= 4 is 34.0 Å². The minimum atomic E-state index is 0.388. The maximum Gasteiger partial charge on any atom is 0.124 e. The van der Waals surface area contributed by atoms with E-state index >= 15 is 0 Å². The SMILES string of the molecule is Cc1ccc(CNCc2c(OCc3ccc(Cl)cc3Cl)ccc3ccccc23)cc1. The van der Waals surface area contributed by atoms with Crippen LogP contribution in [0.1, 0.15) is 22.3 Å². The van der Waals surface area contributed by atoms with Gasteiger partial charge in [-0.3, -0.25) is 0 Å². The molecule has 2 nitrogen and oxygen atoms in total. The summed E-state index contributed by atoms with van der Waals surface area (Å²) in [6.07, 6.45) is 0. The van der Waals surface area contributed by atoms with E-state index in [-0.39, 0.29) is 0 Å². The first-order chi connectivity index (χ1) is 14.6. The van der Waals surface area contributed by atoms with E-state index < -0.39 is 0 Å². The van der Waals surface area contributed by atoms with Crippen LogP contribution in [0.3, 0.4) is 0 Å². The number of hydrogen-bond acceptors (Lipinski definition) is 2. The molecule has 0 aliphatic carbocycles. The van der Waals surface area contributed by atoms with Gasteiger partial charge in [0.2, 0.25) is 0 Å². The van der Waals surface area contributed by atoms with Crippen LogP contribution in [-0.4, -0.2) is 0 Å². The Balaban J connectivity index is 1.55. The van der Waals surface area contributed by atoms with Gasteiger partial charge in [-0.05, 0) is 41.5 Å². The third kappa shape index (κ3) is 4.96. The largest absolute Gasteiger partial charge is 0.488 e. The average Bonchev–Trinajstić information content (AvgIpc) is 2.75. The molecule has 0 aliphatic rings. The second kappa shape index (κ2) is 9.53. The van der Waals surface area contributed by atoms with Gasteiger partial charge < -0.3 is 10.1 Å². The van der Waals surface area contributed by atoms with Gasteiger partial charge in [0.25, 0.3) is 0 Å². The molecule has 0 bridgehead atoms. The molecule has 0 aromatic heterocycles. The smallest absolute Gasteiger partial charge is 0.124 e. The van der Waals surface area contributed by atoms with E-state index in [1.54, 1.807) is 6.07 Å². The van der Waals surface area contributed by atoms with Crippen LogP contribution in [0, 0.1) is 6.92 Å². The van der Waals surface area contributed by atoms with Crippen molar-refractivity contribution in [2.75, 3.05) is 0 Å². The van der Waals surface area contributed by atoms with Gasteiger partial charge in [-0.1, -0.05) is 89.4 Å². The molecule has 4 rings (SSSR count). The van der Waals surface area contributed by atoms with Crippen molar-refractivity contribution in [1.82, 2.24) is 5.32 Å². The van der Waals surface area contributed by atoms with Gasteiger partial charge in [0, 0.05) is 34.3 Å². The van der Waals surface area contributed by atoms with Gasteiger partial charge >= 0.3 is 0 Å².